The molecule has 1 amide bonds. The number of hydrogen-bond donors (Lipinski definition) is 1. The highest BCUT2D eigenvalue weighted by Gasteiger charge is 2.26. The van der Waals surface area contributed by atoms with Crippen molar-refractivity contribution in [1.29, 1.82) is 0 Å². The Kier molecular flexibility index (Phi) is 4.59. The van der Waals surface area contributed by atoms with Crippen molar-refractivity contribution in [2.75, 3.05) is 5.32 Å². The molecule has 0 bridgehead atoms. The number of halogens is 2. The van der Waals surface area contributed by atoms with E-state index in [0.29, 0.717) is 11.6 Å². The zero-order valence-electron chi connectivity index (χ0n) is 14.8. The summed E-state index contributed by atoms with van der Waals surface area (Å²) in [7, 11) is 0. The maximum atomic E-state index is 13.5. The fourth-order valence-corrected chi connectivity index (χ4v) is 3.54. The van der Waals surface area contributed by atoms with E-state index in [9.17, 15) is 13.6 Å². The number of carbonyl (C=O) groups is 1. The van der Waals surface area contributed by atoms with Crippen LogP contribution < -0.4 is 5.32 Å². The molecule has 1 aliphatic carbocycles. The Labute approximate surface area is 154 Å². The predicted molar refractivity (Wildman–Crippen MR) is 94.8 cm³/mol. The summed E-state index contributed by atoms with van der Waals surface area (Å²) >= 11 is 0. The SMILES string of the molecule is CC1CCC(n2cc(NC(=O)c3ncn4cccnc34)c(C(F)F)n2)CC1. The fourth-order valence-electron chi connectivity index (χ4n) is 3.54. The van der Waals surface area contributed by atoms with Gasteiger partial charge >= 0.3 is 0 Å². The molecule has 0 radical (unpaired) electrons. The highest BCUT2D eigenvalue weighted by molar-refractivity contribution is 6.07. The summed E-state index contributed by atoms with van der Waals surface area (Å²) in [6, 6.07) is 1.79. The number of carbonyl (C=O) groups excluding carboxylic acids is 1. The molecule has 27 heavy (non-hydrogen) atoms. The van der Waals surface area contributed by atoms with Gasteiger partial charge in [0.2, 0.25) is 0 Å². The fraction of sp³-hybridized carbons (Fsp3) is 0.444. The highest BCUT2D eigenvalue weighted by atomic mass is 19.3. The van der Waals surface area contributed by atoms with Crippen molar-refractivity contribution in [3.63, 3.8) is 0 Å². The number of hydrogen-bond acceptors (Lipinski definition) is 4. The van der Waals surface area contributed by atoms with Crippen LogP contribution in [0.5, 0.6) is 0 Å². The summed E-state index contributed by atoms with van der Waals surface area (Å²) < 4.78 is 30.1. The van der Waals surface area contributed by atoms with Crippen molar-refractivity contribution in [3.05, 3.63) is 42.4 Å². The maximum Gasteiger partial charge on any atom is 0.284 e. The Balaban J connectivity index is 1.60. The first kappa shape index (κ1) is 17.6. The molecule has 1 saturated carbocycles. The minimum absolute atomic E-state index is 0.0192. The number of imidazole rings is 1. The third kappa shape index (κ3) is 3.41. The lowest BCUT2D eigenvalue weighted by Gasteiger charge is -2.26. The van der Waals surface area contributed by atoms with Crippen molar-refractivity contribution in [2.45, 2.75) is 45.1 Å². The van der Waals surface area contributed by atoms with E-state index >= 15 is 0 Å². The van der Waals surface area contributed by atoms with Crippen LogP contribution in [-0.4, -0.2) is 30.1 Å². The number of fused-ring (bicyclic) bond motifs is 1. The first-order chi connectivity index (χ1) is 13.0. The molecular formula is C18H20F2N6O. The van der Waals surface area contributed by atoms with Crippen LogP contribution in [0.3, 0.4) is 0 Å². The quantitative estimate of drug-likeness (QED) is 0.752. The first-order valence-corrected chi connectivity index (χ1v) is 8.99. The van der Waals surface area contributed by atoms with Crippen molar-refractivity contribution in [1.82, 2.24) is 24.1 Å². The van der Waals surface area contributed by atoms with Gasteiger partial charge < -0.3 is 5.32 Å². The molecule has 1 aliphatic rings. The van der Waals surface area contributed by atoms with E-state index in [2.05, 4.69) is 27.3 Å². The number of anilines is 1. The van der Waals surface area contributed by atoms with E-state index < -0.39 is 18.0 Å². The van der Waals surface area contributed by atoms with Gasteiger partial charge in [0, 0.05) is 18.6 Å². The summed E-state index contributed by atoms with van der Waals surface area (Å²) in [6.45, 7) is 2.19. The smallest absolute Gasteiger partial charge is 0.284 e. The Hall–Kier alpha value is -2.84. The van der Waals surface area contributed by atoms with E-state index in [1.165, 1.54) is 12.5 Å². The lowest BCUT2D eigenvalue weighted by atomic mass is 9.87. The molecule has 9 heteroatoms. The van der Waals surface area contributed by atoms with Gasteiger partial charge in [-0.25, -0.2) is 18.7 Å². The van der Waals surface area contributed by atoms with Gasteiger partial charge in [0.15, 0.2) is 17.0 Å². The molecule has 0 aromatic carbocycles. The number of alkyl halides is 2. The van der Waals surface area contributed by atoms with Crippen molar-refractivity contribution in [3.8, 4) is 0 Å². The molecule has 1 fully saturated rings. The number of nitrogens with one attached hydrogen (secondary N) is 1. The minimum Gasteiger partial charge on any atom is -0.317 e. The summed E-state index contributed by atoms with van der Waals surface area (Å²) in [5.41, 5.74) is 0.0430. The standard InChI is InChI=1S/C18H20F2N6O/c1-11-3-5-12(6-4-11)26-9-13(14(24-26)16(19)20)23-18(27)15-17-21-7-2-8-25(17)10-22-15/h2,7-12,16H,3-6H2,1H3,(H,23,27). The van der Waals surface area contributed by atoms with Gasteiger partial charge in [-0.3, -0.25) is 13.9 Å². The van der Waals surface area contributed by atoms with Crippen molar-refractivity contribution in [2.24, 2.45) is 5.92 Å². The van der Waals surface area contributed by atoms with E-state index in [0.717, 1.165) is 25.7 Å². The predicted octanol–water partition coefficient (Wildman–Crippen LogP) is 3.87. The second kappa shape index (κ2) is 7.05. The molecule has 0 unspecified atom stereocenters. The summed E-state index contributed by atoms with van der Waals surface area (Å²) in [4.78, 5) is 20.7. The Morgan fingerprint density at radius 2 is 2.04 bits per heavy atom. The van der Waals surface area contributed by atoms with E-state index in [1.54, 1.807) is 27.5 Å². The molecule has 3 aromatic rings. The maximum absolute atomic E-state index is 13.5. The molecule has 142 valence electrons. The van der Waals surface area contributed by atoms with Gasteiger partial charge in [0.05, 0.1) is 11.7 Å². The van der Waals surface area contributed by atoms with E-state index in [-0.39, 0.29) is 17.4 Å². The molecule has 3 aromatic heterocycles. The van der Waals surface area contributed by atoms with Gasteiger partial charge in [0.25, 0.3) is 12.3 Å². The summed E-state index contributed by atoms with van der Waals surface area (Å²) in [5.74, 6) is 0.0576. The van der Waals surface area contributed by atoms with Gasteiger partial charge in [-0.05, 0) is 37.7 Å². The van der Waals surface area contributed by atoms with Crippen molar-refractivity contribution >= 4 is 17.2 Å². The van der Waals surface area contributed by atoms with Gasteiger partial charge in [0.1, 0.15) is 6.33 Å². The summed E-state index contributed by atoms with van der Waals surface area (Å²) in [5, 5.41) is 6.60. The number of amides is 1. The van der Waals surface area contributed by atoms with E-state index in [4.69, 9.17) is 0 Å². The third-order valence-electron chi connectivity index (χ3n) is 5.09. The monoisotopic (exact) mass is 374 g/mol. The van der Waals surface area contributed by atoms with Crippen LogP contribution in [0.4, 0.5) is 14.5 Å². The molecule has 1 N–H and O–H groups in total. The molecule has 7 nitrogen and oxygen atoms in total. The van der Waals surface area contributed by atoms with Gasteiger partial charge in [-0.2, -0.15) is 5.10 Å². The summed E-state index contributed by atoms with van der Waals surface area (Å²) in [6.07, 6.45) is 7.32. The third-order valence-corrected chi connectivity index (χ3v) is 5.09. The van der Waals surface area contributed by atoms with Crippen LogP contribution in [-0.2, 0) is 0 Å². The highest BCUT2D eigenvalue weighted by Crippen LogP contribution is 2.34. The molecule has 0 spiro atoms. The second-order valence-corrected chi connectivity index (χ2v) is 7.02. The topological polar surface area (TPSA) is 77.1 Å². The average molecular weight is 374 g/mol. The normalized spacial score (nSPS) is 20.3. The van der Waals surface area contributed by atoms with Crippen LogP contribution in [0.15, 0.2) is 31.0 Å². The number of nitrogens with zero attached hydrogens (tertiary/aromatic N) is 5. The molecule has 0 aliphatic heterocycles. The lowest BCUT2D eigenvalue weighted by molar-refractivity contribution is 0.102. The average Bonchev–Trinajstić information content (AvgIpc) is 3.26. The number of aromatic nitrogens is 5. The van der Waals surface area contributed by atoms with E-state index in [1.807, 2.05) is 0 Å². The zero-order valence-corrected chi connectivity index (χ0v) is 14.8. The Bertz CT molecular complexity index is 958. The first-order valence-electron chi connectivity index (χ1n) is 8.99. The minimum atomic E-state index is -2.78. The van der Waals surface area contributed by atoms with Crippen LogP contribution in [0.25, 0.3) is 5.65 Å². The Morgan fingerprint density at radius 1 is 1.26 bits per heavy atom. The molecular weight excluding hydrogens is 354 g/mol. The largest absolute Gasteiger partial charge is 0.317 e. The molecule has 0 saturated heterocycles. The van der Waals surface area contributed by atoms with Crippen LogP contribution in [0.1, 0.15) is 61.3 Å². The van der Waals surface area contributed by atoms with Gasteiger partial charge in [-0.1, -0.05) is 6.92 Å². The molecule has 3 heterocycles. The number of rotatable bonds is 4. The molecule has 0 atom stereocenters. The van der Waals surface area contributed by atoms with Crippen LogP contribution >= 0.6 is 0 Å². The Morgan fingerprint density at radius 3 is 2.78 bits per heavy atom. The van der Waals surface area contributed by atoms with Crippen molar-refractivity contribution < 1.29 is 13.6 Å². The molecule has 4 rings (SSSR count). The van der Waals surface area contributed by atoms with Crippen LogP contribution in [0, 0.1) is 5.92 Å². The lowest BCUT2D eigenvalue weighted by Crippen LogP contribution is -2.17. The van der Waals surface area contributed by atoms with Gasteiger partial charge in [-0.15, -0.1) is 0 Å². The zero-order chi connectivity index (χ0) is 19.0. The van der Waals surface area contributed by atoms with Crippen LogP contribution in [0.2, 0.25) is 0 Å². The second-order valence-electron chi connectivity index (χ2n) is 7.02.